The number of rotatable bonds is 3. The van der Waals surface area contributed by atoms with E-state index in [9.17, 15) is 9.18 Å². The van der Waals surface area contributed by atoms with Crippen molar-refractivity contribution in [1.29, 1.82) is 0 Å². The molecule has 0 saturated carbocycles. The molecule has 0 aliphatic carbocycles. The van der Waals surface area contributed by atoms with Crippen LogP contribution < -0.4 is 14.2 Å². The molecule has 1 saturated heterocycles. The highest BCUT2D eigenvalue weighted by Gasteiger charge is 2.33. The molecule has 0 N–H and O–H groups in total. The van der Waals surface area contributed by atoms with Crippen LogP contribution in [0.2, 0.25) is 0 Å². The van der Waals surface area contributed by atoms with Gasteiger partial charge in [-0.1, -0.05) is 29.5 Å². The van der Waals surface area contributed by atoms with Crippen molar-refractivity contribution in [2.24, 2.45) is 0 Å². The van der Waals surface area contributed by atoms with Gasteiger partial charge >= 0.3 is 0 Å². The summed E-state index contributed by atoms with van der Waals surface area (Å²) in [5.74, 6) is 0.847. The van der Waals surface area contributed by atoms with Crippen molar-refractivity contribution in [3.8, 4) is 16.7 Å². The number of ether oxygens (including phenoxy) is 3. The molecule has 0 spiro atoms. The standard InChI is InChI=1S/C21H19FN2O4S/c22-14-4-3-7-18-19(14)23-21(29-18)27-13-8-10-24(11-9-13)20(25)17-12-26-15-5-1-2-6-16(15)28-17/h1-7,13,17H,8-12H2. The first-order valence-electron chi connectivity index (χ1n) is 9.56. The smallest absolute Gasteiger partial charge is 0.274 e. The van der Waals surface area contributed by atoms with Crippen molar-refractivity contribution in [3.63, 3.8) is 0 Å². The highest BCUT2D eigenvalue weighted by atomic mass is 32.1. The van der Waals surface area contributed by atoms with E-state index in [0.717, 1.165) is 4.70 Å². The summed E-state index contributed by atoms with van der Waals surface area (Å²) in [4.78, 5) is 18.9. The average Bonchev–Trinajstić information content (AvgIpc) is 3.17. The fraction of sp³-hybridized carbons (Fsp3) is 0.333. The Bertz CT molecular complexity index is 1050. The van der Waals surface area contributed by atoms with Crippen LogP contribution in [-0.4, -0.2) is 47.7 Å². The van der Waals surface area contributed by atoms with Crippen molar-refractivity contribution in [1.82, 2.24) is 9.88 Å². The number of hydrogen-bond donors (Lipinski definition) is 0. The summed E-state index contributed by atoms with van der Waals surface area (Å²) in [5, 5.41) is 0.468. The van der Waals surface area contributed by atoms with Gasteiger partial charge in [-0.25, -0.2) is 4.39 Å². The molecule has 2 aliphatic heterocycles. The molecule has 2 aliphatic rings. The topological polar surface area (TPSA) is 60.9 Å². The molecule has 8 heteroatoms. The van der Waals surface area contributed by atoms with Crippen LogP contribution >= 0.6 is 11.3 Å². The fourth-order valence-electron chi connectivity index (χ4n) is 3.63. The SMILES string of the molecule is O=C(C1COc2ccccc2O1)N1CCC(Oc2nc3c(F)cccc3s2)CC1. The first kappa shape index (κ1) is 18.2. The molecule has 1 aromatic heterocycles. The third-order valence-corrected chi connectivity index (χ3v) is 6.07. The molecule has 5 rings (SSSR count). The Balaban J connectivity index is 1.18. The first-order chi connectivity index (χ1) is 14.2. The van der Waals surface area contributed by atoms with Crippen LogP contribution in [0.5, 0.6) is 16.7 Å². The van der Waals surface area contributed by atoms with Gasteiger partial charge in [0, 0.05) is 25.9 Å². The Labute approximate surface area is 170 Å². The molecule has 3 aromatic rings. The van der Waals surface area contributed by atoms with Gasteiger partial charge in [0.2, 0.25) is 6.10 Å². The Hall–Kier alpha value is -2.87. The zero-order valence-electron chi connectivity index (χ0n) is 15.5. The molecule has 0 radical (unpaired) electrons. The maximum Gasteiger partial charge on any atom is 0.274 e. The Morgan fingerprint density at radius 2 is 1.93 bits per heavy atom. The summed E-state index contributed by atoms with van der Waals surface area (Å²) in [7, 11) is 0. The summed E-state index contributed by atoms with van der Waals surface area (Å²) in [5.41, 5.74) is 0.342. The fourth-order valence-corrected chi connectivity index (χ4v) is 4.52. The second kappa shape index (κ2) is 7.51. The number of fused-ring (bicyclic) bond motifs is 2. The number of carbonyl (C=O) groups excluding carboxylic acids is 1. The van der Waals surface area contributed by atoms with Gasteiger partial charge in [0.25, 0.3) is 11.1 Å². The number of benzene rings is 2. The Kier molecular flexibility index (Phi) is 4.71. The number of nitrogens with zero attached hydrogens (tertiary/aromatic N) is 2. The quantitative estimate of drug-likeness (QED) is 0.655. The van der Waals surface area contributed by atoms with Crippen LogP contribution in [0.25, 0.3) is 10.2 Å². The maximum atomic E-state index is 13.8. The van der Waals surface area contributed by atoms with Gasteiger partial charge in [-0.3, -0.25) is 4.79 Å². The van der Waals surface area contributed by atoms with E-state index in [2.05, 4.69) is 4.98 Å². The maximum absolute atomic E-state index is 13.8. The number of likely N-dealkylation sites (tertiary alicyclic amines) is 1. The van der Waals surface area contributed by atoms with Crippen LogP contribution in [0, 0.1) is 5.82 Å². The lowest BCUT2D eigenvalue weighted by atomic mass is 10.1. The molecule has 6 nitrogen and oxygen atoms in total. The summed E-state index contributed by atoms with van der Waals surface area (Å²) in [6.45, 7) is 1.36. The largest absolute Gasteiger partial charge is 0.485 e. The summed E-state index contributed by atoms with van der Waals surface area (Å²) in [6.07, 6.45) is 0.698. The average molecular weight is 414 g/mol. The normalized spacial score (nSPS) is 19.3. The van der Waals surface area contributed by atoms with Gasteiger partial charge in [-0.15, -0.1) is 0 Å². The van der Waals surface area contributed by atoms with E-state index in [-0.39, 0.29) is 24.4 Å². The van der Waals surface area contributed by atoms with Crippen molar-refractivity contribution in [2.45, 2.75) is 25.0 Å². The van der Waals surface area contributed by atoms with E-state index in [1.165, 1.54) is 17.4 Å². The van der Waals surface area contributed by atoms with Gasteiger partial charge in [-0.2, -0.15) is 4.98 Å². The van der Waals surface area contributed by atoms with Crippen molar-refractivity contribution < 1.29 is 23.4 Å². The minimum atomic E-state index is -0.630. The predicted octanol–water partition coefficient (Wildman–Crippen LogP) is 3.65. The molecular weight excluding hydrogens is 395 g/mol. The molecule has 29 heavy (non-hydrogen) atoms. The number of piperidine rings is 1. The van der Waals surface area contributed by atoms with E-state index >= 15 is 0 Å². The van der Waals surface area contributed by atoms with Crippen molar-refractivity contribution in [2.75, 3.05) is 19.7 Å². The van der Waals surface area contributed by atoms with Crippen molar-refractivity contribution in [3.05, 3.63) is 48.3 Å². The zero-order valence-corrected chi connectivity index (χ0v) is 16.4. The third-order valence-electron chi connectivity index (χ3n) is 5.16. The summed E-state index contributed by atoms with van der Waals surface area (Å²) in [6, 6.07) is 12.2. The minimum absolute atomic E-state index is 0.0491. The van der Waals surface area contributed by atoms with Crippen LogP contribution in [0.3, 0.4) is 0 Å². The van der Waals surface area contributed by atoms with Gasteiger partial charge < -0.3 is 19.1 Å². The number of hydrogen-bond acceptors (Lipinski definition) is 6. The second-order valence-electron chi connectivity index (χ2n) is 7.07. The van der Waals surface area contributed by atoms with Crippen molar-refractivity contribution >= 4 is 27.5 Å². The third kappa shape index (κ3) is 3.60. The molecular formula is C21H19FN2O4S. The number of amides is 1. The van der Waals surface area contributed by atoms with E-state index in [1.54, 1.807) is 17.0 Å². The summed E-state index contributed by atoms with van der Waals surface area (Å²) < 4.78 is 32.0. The van der Waals surface area contributed by atoms with E-state index in [0.29, 0.717) is 48.1 Å². The highest BCUT2D eigenvalue weighted by Crippen LogP contribution is 2.33. The molecule has 1 unspecified atom stereocenters. The lowest BCUT2D eigenvalue weighted by Crippen LogP contribution is -2.50. The van der Waals surface area contributed by atoms with E-state index in [1.807, 2.05) is 24.3 Å². The lowest BCUT2D eigenvalue weighted by Gasteiger charge is -2.35. The Morgan fingerprint density at radius 3 is 2.72 bits per heavy atom. The molecule has 3 heterocycles. The van der Waals surface area contributed by atoms with Gasteiger partial charge in [0.1, 0.15) is 24.0 Å². The number of aromatic nitrogens is 1. The zero-order chi connectivity index (χ0) is 19.8. The van der Waals surface area contributed by atoms with Crippen LogP contribution in [-0.2, 0) is 4.79 Å². The van der Waals surface area contributed by atoms with Crippen LogP contribution in [0.4, 0.5) is 4.39 Å². The van der Waals surface area contributed by atoms with E-state index in [4.69, 9.17) is 14.2 Å². The first-order valence-corrected chi connectivity index (χ1v) is 10.4. The van der Waals surface area contributed by atoms with Crippen LogP contribution in [0.1, 0.15) is 12.8 Å². The number of carbonyl (C=O) groups is 1. The molecule has 1 atom stereocenters. The minimum Gasteiger partial charge on any atom is -0.485 e. The monoisotopic (exact) mass is 414 g/mol. The number of halogens is 1. The second-order valence-corrected chi connectivity index (χ2v) is 8.07. The number of para-hydroxylation sites is 3. The Morgan fingerprint density at radius 1 is 1.14 bits per heavy atom. The molecule has 0 bridgehead atoms. The van der Waals surface area contributed by atoms with Gasteiger partial charge in [0.05, 0.1) is 4.70 Å². The van der Waals surface area contributed by atoms with Gasteiger partial charge in [0.15, 0.2) is 11.5 Å². The highest BCUT2D eigenvalue weighted by molar-refractivity contribution is 7.20. The van der Waals surface area contributed by atoms with Crippen LogP contribution in [0.15, 0.2) is 42.5 Å². The molecule has 1 amide bonds. The van der Waals surface area contributed by atoms with E-state index < -0.39 is 6.10 Å². The molecule has 2 aromatic carbocycles. The van der Waals surface area contributed by atoms with Gasteiger partial charge in [-0.05, 0) is 24.3 Å². The molecule has 150 valence electrons. The predicted molar refractivity (Wildman–Crippen MR) is 106 cm³/mol. The lowest BCUT2D eigenvalue weighted by molar-refractivity contribution is -0.143. The molecule has 1 fully saturated rings. The summed E-state index contributed by atoms with van der Waals surface area (Å²) >= 11 is 1.34. The number of thiazole rings is 1.